The van der Waals surface area contributed by atoms with E-state index in [4.69, 9.17) is 0 Å². The van der Waals surface area contributed by atoms with Gasteiger partial charge in [0.25, 0.3) is 5.91 Å². The van der Waals surface area contributed by atoms with Crippen LogP contribution in [0, 0.1) is 0 Å². The summed E-state index contributed by atoms with van der Waals surface area (Å²) in [6, 6.07) is 6.80. The van der Waals surface area contributed by atoms with Crippen molar-refractivity contribution >= 4 is 28.5 Å². The number of aromatic nitrogens is 3. The van der Waals surface area contributed by atoms with Crippen molar-refractivity contribution in [1.82, 2.24) is 24.6 Å². The first kappa shape index (κ1) is 23.7. The fourth-order valence-electron chi connectivity index (χ4n) is 3.96. The van der Waals surface area contributed by atoms with Crippen LogP contribution in [0.2, 0.25) is 0 Å². The van der Waals surface area contributed by atoms with Gasteiger partial charge in [-0.2, -0.15) is 18.3 Å². The van der Waals surface area contributed by atoms with Gasteiger partial charge in [0.05, 0.1) is 29.6 Å². The molecule has 0 unspecified atom stereocenters. The third kappa shape index (κ3) is 5.04. The lowest BCUT2D eigenvalue weighted by atomic mass is 10.1. The van der Waals surface area contributed by atoms with Gasteiger partial charge in [0.15, 0.2) is 5.65 Å². The molecule has 1 aromatic carbocycles. The van der Waals surface area contributed by atoms with Crippen molar-refractivity contribution in [2.24, 2.45) is 0 Å². The van der Waals surface area contributed by atoms with Crippen molar-refractivity contribution in [2.75, 3.05) is 38.0 Å². The number of alkyl halides is 3. The molecule has 2 aromatic heterocycles. The van der Waals surface area contributed by atoms with Gasteiger partial charge in [-0.25, -0.2) is 9.67 Å². The van der Waals surface area contributed by atoms with Crippen molar-refractivity contribution in [3.8, 4) is 0 Å². The molecule has 0 saturated carbocycles. The van der Waals surface area contributed by atoms with Gasteiger partial charge in [0.1, 0.15) is 0 Å². The van der Waals surface area contributed by atoms with E-state index in [2.05, 4.69) is 15.4 Å². The Hall–Kier alpha value is -3.47. The highest BCUT2D eigenvalue weighted by molar-refractivity contribution is 5.97. The Bertz CT molecular complexity index is 1200. The summed E-state index contributed by atoms with van der Waals surface area (Å²) in [5, 5.41) is 7.46. The maximum atomic E-state index is 13.1. The molecule has 3 aromatic rings. The lowest BCUT2D eigenvalue weighted by molar-refractivity contribution is -0.137. The zero-order valence-electron chi connectivity index (χ0n) is 18.8. The molecule has 11 heteroatoms. The maximum Gasteiger partial charge on any atom is 0.418 e. The number of nitrogens with one attached hydrogen (secondary N) is 1. The number of nitrogens with zero attached hydrogens (tertiary/aromatic N) is 5. The minimum atomic E-state index is -4.55. The Morgan fingerprint density at radius 3 is 2.47 bits per heavy atom. The monoisotopic (exact) mass is 474 g/mol. The van der Waals surface area contributed by atoms with E-state index in [1.54, 1.807) is 28.0 Å². The summed E-state index contributed by atoms with van der Waals surface area (Å²) in [6.07, 6.45) is -1.32. The summed E-state index contributed by atoms with van der Waals surface area (Å²) in [6.45, 7) is 5.60. The van der Waals surface area contributed by atoms with E-state index < -0.39 is 17.6 Å². The molecule has 0 radical (unpaired) electrons. The van der Waals surface area contributed by atoms with Gasteiger partial charge >= 0.3 is 6.18 Å². The van der Waals surface area contributed by atoms with Crippen molar-refractivity contribution < 1.29 is 22.8 Å². The van der Waals surface area contributed by atoms with Crippen molar-refractivity contribution in [3.05, 3.63) is 53.9 Å². The van der Waals surface area contributed by atoms with E-state index in [1.807, 2.05) is 18.7 Å². The summed E-state index contributed by atoms with van der Waals surface area (Å²) in [4.78, 5) is 33.2. The van der Waals surface area contributed by atoms with E-state index in [9.17, 15) is 22.8 Å². The molecule has 1 N–H and O–H groups in total. The molecule has 3 heterocycles. The highest BCUT2D eigenvalue weighted by Gasteiger charge is 2.33. The second kappa shape index (κ2) is 9.41. The van der Waals surface area contributed by atoms with Gasteiger partial charge in [-0.1, -0.05) is 12.1 Å². The van der Waals surface area contributed by atoms with Crippen molar-refractivity contribution in [1.29, 1.82) is 0 Å². The molecule has 0 bridgehead atoms. The molecule has 8 nitrogen and oxygen atoms in total. The van der Waals surface area contributed by atoms with E-state index in [0.717, 1.165) is 17.1 Å². The Balaban J connectivity index is 1.33. The minimum absolute atomic E-state index is 0.0594. The predicted molar refractivity (Wildman–Crippen MR) is 120 cm³/mol. The van der Waals surface area contributed by atoms with Crippen molar-refractivity contribution in [2.45, 2.75) is 26.1 Å². The SMILES string of the molecule is CC(C)n1ncc2cc(C(=O)N3CCN(CC(=O)Nc4ccccc4C(F)(F)F)CC3)cnc21. The van der Waals surface area contributed by atoms with Crippen LogP contribution in [0.25, 0.3) is 11.0 Å². The Morgan fingerprint density at radius 1 is 1.09 bits per heavy atom. The highest BCUT2D eigenvalue weighted by atomic mass is 19.4. The van der Waals surface area contributed by atoms with Crippen LogP contribution >= 0.6 is 0 Å². The van der Waals surface area contributed by atoms with E-state index in [0.29, 0.717) is 31.7 Å². The van der Waals surface area contributed by atoms with Gasteiger partial charge in [0, 0.05) is 43.8 Å². The number of hydrogen-bond donors (Lipinski definition) is 1. The molecule has 1 aliphatic rings. The number of pyridine rings is 1. The molecule has 2 amide bonds. The van der Waals surface area contributed by atoms with Crippen LogP contribution in [-0.2, 0) is 11.0 Å². The summed E-state index contributed by atoms with van der Waals surface area (Å²) in [7, 11) is 0. The number of anilines is 1. The zero-order valence-corrected chi connectivity index (χ0v) is 18.8. The standard InChI is InChI=1S/C23H25F3N6O2/c1-15(2)32-21-16(13-28-32)11-17(12-27-21)22(34)31-9-7-30(8-10-31)14-20(33)29-19-6-4-3-5-18(19)23(24,25)26/h3-6,11-13,15H,7-10,14H2,1-2H3,(H,29,33). The normalized spacial score (nSPS) is 15.2. The fourth-order valence-corrected chi connectivity index (χ4v) is 3.96. The number of hydrogen-bond acceptors (Lipinski definition) is 5. The quantitative estimate of drug-likeness (QED) is 0.613. The third-order valence-electron chi connectivity index (χ3n) is 5.70. The molecule has 1 aliphatic heterocycles. The number of carbonyl (C=O) groups excluding carboxylic acids is 2. The molecular formula is C23H25F3N6O2. The van der Waals surface area contributed by atoms with Crippen LogP contribution in [-0.4, -0.2) is 69.1 Å². The van der Waals surface area contributed by atoms with Crippen LogP contribution in [0.3, 0.4) is 0 Å². The summed E-state index contributed by atoms with van der Waals surface area (Å²) in [5.41, 5.74) is 0.0287. The van der Waals surface area contributed by atoms with Gasteiger partial charge in [0.2, 0.25) is 5.91 Å². The molecule has 0 atom stereocenters. The topological polar surface area (TPSA) is 83.4 Å². The second-order valence-electron chi connectivity index (χ2n) is 8.48. The molecule has 4 rings (SSSR count). The van der Waals surface area contributed by atoms with E-state index in [-0.39, 0.29) is 24.2 Å². The number of rotatable bonds is 5. The van der Waals surface area contributed by atoms with Crippen LogP contribution < -0.4 is 5.32 Å². The number of benzene rings is 1. The summed E-state index contributed by atoms with van der Waals surface area (Å²) in [5.74, 6) is -0.691. The van der Waals surface area contributed by atoms with Crippen LogP contribution in [0.15, 0.2) is 42.7 Å². The number of amides is 2. The molecule has 1 fully saturated rings. The van der Waals surface area contributed by atoms with Gasteiger partial charge in [-0.3, -0.25) is 14.5 Å². The van der Waals surface area contributed by atoms with Crippen LogP contribution in [0.1, 0.15) is 35.8 Å². The number of carbonyl (C=O) groups is 2. The fraction of sp³-hybridized carbons (Fsp3) is 0.391. The molecule has 34 heavy (non-hydrogen) atoms. The number of para-hydroxylation sites is 1. The minimum Gasteiger partial charge on any atom is -0.336 e. The molecule has 0 spiro atoms. The highest BCUT2D eigenvalue weighted by Crippen LogP contribution is 2.34. The lowest BCUT2D eigenvalue weighted by Gasteiger charge is -2.34. The van der Waals surface area contributed by atoms with E-state index in [1.165, 1.54) is 18.2 Å². The average molecular weight is 474 g/mol. The number of piperazine rings is 1. The smallest absolute Gasteiger partial charge is 0.336 e. The summed E-state index contributed by atoms with van der Waals surface area (Å²) < 4.78 is 41.2. The van der Waals surface area contributed by atoms with Gasteiger partial charge in [-0.05, 0) is 32.0 Å². The first-order valence-corrected chi connectivity index (χ1v) is 10.9. The average Bonchev–Trinajstić information content (AvgIpc) is 3.22. The Kier molecular flexibility index (Phi) is 6.56. The maximum absolute atomic E-state index is 13.1. The third-order valence-corrected chi connectivity index (χ3v) is 5.70. The second-order valence-corrected chi connectivity index (χ2v) is 8.48. The molecule has 1 saturated heterocycles. The van der Waals surface area contributed by atoms with Crippen LogP contribution in [0.5, 0.6) is 0 Å². The van der Waals surface area contributed by atoms with Crippen molar-refractivity contribution in [3.63, 3.8) is 0 Å². The van der Waals surface area contributed by atoms with Gasteiger partial charge < -0.3 is 10.2 Å². The molecule has 0 aliphatic carbocycles. The predicted octanol–water partition coefficient (Wildman–Crippen LogP) is 3.43. The lowest BCUT2D eigenvalue weighted by Crippen LogP contribution is -2.50. The Morgan fingerprint density at radius 2 is 1.79 bits per heavy atom. The largest absolute Gasteiger partial charge is 0.418 e. The number of halogens is 3. The van der Waals surface area contributed by atoms with Crippen LogP contribution in [0.4, 0.5) is 18.9 Å². The first-order valence-electron chi connectivity index (χ1n) is 10.9. The zero-order chi connectivity index (χ0) is 24.5. The van der Waals surface area contributed by atoms with E-state index >= 15 is 0 Å². The molecule has 180 valence electrons. The first-order chi connectivity index (χ1) is 16.1. The Labute approximate surface area is 194 Å². The number of fused-ring (bicyclic) bond motifs is 1. The van der Waals surface area contributed by atoms with Gasteiger partial charge in [-0.15, -0.1) is 0 Å². The molecular weight excluding hydrogens is 449 g/mol. The summed E-state index contributed by atoms with van der Waals surface area (Å²) >= 11 is 0.